The average Bonchev–Trinajstić information content (AvgIpc) is 3.05. The Morgan fingerprint density at radius 3 is 2.71 bits per heavy atom. The van der Waals surface area contributed by atoms with Crippen molar-refractivity contribution in [2.24, 2.45) is 4.99 Å². The molecule has 0 amide bonds. The van der Waals surface area contributed by atoms with Gasteiger partial charge in [0.15, 0.2) is 5.96 Å². The van der Waals surface area contributed by atoms with Crippen molar-refractivity contribution in [3.8, 4) is 0 Å². The number of nitrogens with one attached hydrogen (secondary N) is 2. The van der Waals surface area contributed by atoms with Crippen molar-refractivity contribution in [2.45, 2.75) is 25.8 Å². The van der Waals surface area contributed by atoms with Crippen LogP contribution in [0.3, 0.4) is 0 Å². The van der Waals surface area contributed by atoms with Crippen LogP contribution in [0.25, 0.3) is 0 Å². The van der Waals surface area contributed by atoms with Crippen molar-refractivity contribution in [3.63, 3.8) is 0 Å². The summed E-state index contributed by atoms with van der Waals surface area (Å²) in [6.07, 6.45) is 2.41. The molecular weight excluding hydrogens is 463 g/mol. The molecule has 2 heterocycles. The van der Waals surface area contributed by atoms with E-state index >= 15 is 0 Å². The number of nitrogens with zero attached hydrogens (tertiary/aromatic N) is 4. The van der Waals surface area contributed by atoms with Crippen LogP contribution in [0.15, 0.2) is 35.3 Å². The van der Waals surface area contributed by atoms with E-state index in [2.05, 4.69) is 69.6 Å². The van der Waals surface area contributed by atoms with Gasteiger partial charge in [-0.3, -0.25) is 4.99 Å². The molecule has 0 saturated carbocycles. The monoisotopic (exact) mass is 500 g/mol. The second-order valence-electron chi connectivity index (χ2n) is 7.67. The fourth-order valence-electron chi connectivity index (χ4n) is 3.89. The van der Waals surface area contributed by atoms with E-state index in [0.29, 0.717) is 6.04 Å². The summed E-state index contributed by atoms with van der Waals surface area (Å²) in [6, 6.07) is 11.1. The fraction of sp³-hybridized carbons (Fsp3) is 0.667. The summed E-state index contributed by atoms with van der Waals surface area (Å²) in [5.74, 6) is 0.962. The number of aliphatic imine (C=N–C) groups is 1. The van der Waals surface area contributed by atoms with Gasteiger partial charge in [-0.2, -0.15) is 0 Å². The van der Waals surface area contributed by atoms with Gasteiger partial charge < -0.3 is 25.3 Å². The first kappa shape index (κ1) is 23.2. The highest BCUT2D eigenvalue weighted by Crippen LogP contribution is 2.19. The average molecular weight is 500 g/mol. The van der Waals surface area contributed by atoms with E-state index < -0.39 is 0 Å². The molecule has 0 aliphatic carbocycles. The number of rotatable bonds is 6. The molecule has 2 aliphatic rings. The first-order valence-electron chi connectivity index (χ1n) is 10.5. The number of likely N-dealkylation sites (N-methyl/N-ethyl adjacent to an activating group) is 1. The molecule has 158 valence electrons. The molecule has 0 bridgehead atoms. The van der Waals surface area contributed by atoms with Crippen molar-refractivity contribution in [2.75, 3.05) is 70.9 Å². The molecule has 7 heteroatoms. The van der Waals surface area contributed by atoms with Crippen LogP contribution in [-0.2, 0) is 0 Å². The van der Waals surface area contributed by atoms with E-state index in [4.69, 9.17) is 4.99 Å². The third-order valence-electron chi connectivity index (χ3n) is 5.49. The summed E-state index contributed by atoms with van der Waals surface area (Å²) >= 11 is 0. The number of halogens is 1. The second kappa shape index (κ2) is 12.5. The molecule has 28 heavy (non-hydrogen) atoms. The van der Waals surface area contributed by atoms with Crippen molar-refractivity contribution in [1.29, 1.82) is 0 Å². The zero-order valence-electron chi connectivity index (χ0n) is 17.4. The number of hydrogen-bond acceptors (Lipinski definition) is 4. The summed E-state index contributed by atoms with van der Waals surface area (Å²) < 4.78 is 0. The Kier molecular flexibility index (Phi) is 10.4. The molecule has 6 nitrogen and oxygen atoms in total. The molecule has 2 N–H and O–H groups in total. The number of para-hydroxylation sites is 1. The van der Waals surface area contributed by atoms with E-state index in [1.807, 2.05) is 0 Å². The number of hydrogen-bond donors (Lipinski definition) is 2. The van der Waals surface area contributed by atoms with Gasteiger partial charge >= 0.3 is 0 Å². The maximum atomic E-state index is 4.84. The molecule has 1 aromatic rings. The summed E-state index contributed by atoms with van der Waals surface area (Å²) in [6.45, 7) is 11.8. The third kappa shape index (κ3) is 7.40. The lowest BCUT2D eigenvalue weighted by molar-refractivity contribution is 0.283. The van der Waals surface area contributed by atoms with Gasteiger partial charge in [-0.25, -0.2) is 0 Å². The highest BCUT2D eigenvalue weighted by atomic mass is 127. The lowest BCUT2D eigenvalue weighted by Crippen LogP contribution is -2.45. The Labute approximate surface area is 187 Å². The van der Waals surface area contributed by atoms with Crippen LogP contribution in [0, 0.1) is 0 Å². The van der Waals surface area contributed by atoms with Crippen molar-refractivity contribution >= 4 is 35.6 Å². The molecule has 1 aromatic carbocycles. The third-order valence-corrected chi connectivity index (χ3v) is 5.49. The van der Waals surface area contributed by atoms with E-state index in [1.165, 1.54) is 31.7 Å². The number of guanidine groups is 1. The summed E-state index contributed by atoms with van der Waals surface area (Å²) in [7, 11) is 2.22. The molecule has 1 atom stereocenters. The molecular formula is C21H37IN6. The Morgan fingerprint density at radius 2 is 1.93 bits per heavy atom. The fourth-order valence-corrected chi connectivity index (χ4v) is 3.89. The molecule has 1 unspecified atom stereocenters. The van der Waals surface area contributed by atoms with E-state index in [-0.39, 0.29) is 24.0 Å². The van der Waals surface area contributed by atoms with E-state index in [9.17, 15) is 0 Å². The number of benzene rings is 1. The van der Waals surface area contributed by atoms with Gasteiger partial charge in [0.05, 0.1) is 6.54 Å². The molecule has 2 fully saturated rings. The van der Waals surface area contributed by atoms with Gasteiger partial charge in [0.25, 0.3) is 0 Å². The SMILES string of the molecule is CCNC(=NCCN1CCCN(C)CC1)NC1CCN(c2ccccc2)C1.I. The zero-order valence-corrected chi connectivity index (χ0v) is 19.8. The summed E-state index contributed by atoms with van der Waals surface area (Å²) in [4.78, 5) is 12.3. The Hall–Kier alpha value is -1.06. The van der Waals surface area contributed by atoms with Crippen LogP contribution in [0.4, 0.5) is 5.69 Å². The van der Waals surface area contributed by atoms with Crippen molar-refractivity contribution in [3.05, 3.63) is 30.3 Å². The van der Waals surface area contributed by atoms with Crippen LogP contribution >= 0.6 is 24.0 Å². The van der Waals surface area contributed by atoms with Gasteiger partial charge in [-0.05, 0) is 52.0 Å². The lowest BCUT2D eigenvalue weighted by Gasteiger charge is -2.21. The maximum absolute atomic E-state index is 4.84. The van der Waals surface area contributed by atoms with Gasteiger partial charge in [-0.1, -0.05) is 18.2 Å². The first-order chi connectivity index (χ1) is 13.2. The second-order valence-corrected chi connectivity index (χ2v) is 7.67. The highest BCUT2D eigenvalue weighted by molar-refractivity contribution is 14.0. The molecule has 0 radical (unpaired) electrons. The van der Waals surface area contributed by atoms with Crippen molar-refractivity contribution in [1.82, 2.24) is 20.4 Å². The van der Waals surface area contributed by atoms with Gasteiger partial charge in [0.1, 0.15) is 0 Å². The van der Waals surface area contributed by atoms with Crippen LogP contribution in [0.1, 0.15) is 19.8 Å². The summed E-state index contributed by atoms with van der Waals surface area (Å²) in [5.41, 5.74) is 1.31. The smallest absolute Gasteiger partial charge is 0.191 e. The van der Waals surface area contributed by atoms with Gasteiger partial charge in [0, 0.05) is 51.0 Å². The summed E-state index contributed by atoms with van der Waals surface area (Å²) in [5, 5.41) is 7.06. The molecule has 0 spiro atoms. The Bertz CT molecular complexity index is 582. The largest absolute Gasteiger partial charge is 0.369 e. The minimum atomic E-state index is 0. The van der Waals surface area contributed by atoms with Crippen LogP contribution in [-0.4, -0.2) is 87.8 Å². The van der Waals surface area contributed by atoms with E-state index in [1.54, 1.807) is 0 Å². The van der Waals surface area contributed by atoms with Gasteiger partial charge in [0.2, 0.25) is 0 Å². The normalized spacial score (nSPS) is 21.9. The first-order valence-corrected chi connectivity index (χ1v) is 10.5. The maximum Gasteiger partial charge on any atom is 0.191 e. The topological polar surface area (TPSA) is 46.1 Å². The van der Waals surface area contributed by atoms with Gasteiger partial charge in [-0.15, -0.1) is 24.0 Å². The standard InChI is InChI=1S/C21H36N6.HI/c1-3-22-21(23-11-15-26-13-7-12-25(2)16-17-26)24-19-10-14-27(18-19)20-8-5-4-6-9-20;/h4-6,8-9,19H,3,7,10-18H2,1-2H3,(H2,22,23,24);1H. The molecule has 0 aromatic heterocycles. The minimum absolute atomic E-state index is 0. The molecule has 2 aliphatic heterocycles. The predicted molar refractivity (Wildman–Crippen MR) is 130 cm³/mol. The minimum Gasteiger partial charge on any atom is -0.369 e. The Balaban J connectivity index is 0.00000280. The lowest BCUT2D eigenvalue weighted by atomic mass is 10.3. The molecule has 2 saturated heterocycles. The van der Waals surface area contributed by atoms with Crippen LogP contribution < -0.4 is 15.5 Å². The zero-order chi connectivity index (χ0) is 18.9. The Morgan fingerprint density at radius 1 is 1.11 bits per heavy atom. The van der Waals surface area contributed by atoms with Crippen LogP contribution in [0.2, 0.25) is 0 Å². The number of anilines is 1. The predicted octanol–water partition coefficient (Wildman–Crippen LogP) is 2.08. The van der Waals surface area contributed by atoms with Crippen molar-refractivity contribution < 1.29 is 0 Å². The quantitative estimate of drug-likeness (QED) is 0.356. The van der Waals surface area contributed by atoms with E-state index in [0.717, 1.165) is 51.6 Å². The van der Waals surface area contributed by atoms with Crippen LogP contribution in [0.5, 0.6) is 0 Å². The highest BCUT2D eigenvalue weighted by Gasteiger charge is 2.23. The molecule has 3 rings (SSSR count).